The third-order valence-corrected chi connectivity index (χ3v) is 1.08. The molecule has 0 radical (unpaired) electrons. The second kappa shape index (κ2) is 5.56. The highest BCUT2D eigenvalue weighted by molar-refractivity contribution is 7.79. The Kier molecular flexibility index (Phi) is 5.06. The number of aromatic nitrogens is 1. The van der Waals surface area contributed by atoms with E-state index in [0.717, 1.165) is 5.56 Å². The van der Waals surface area contributed by atoms with Gasteiger partial charge in [-0.15, -0.1) is 0 Å². The Balaban J connectivity index is 0.000000561. The summed E-state index contributed by atoms with van der Waals surface area (Å²) in [7, 11) is 0. The molecule has 0 atom stereocenters. The summed E-state index contributed by atoms with van der Waals surface area (Å²) in [4.78, 5) is 3.56. The molecule has 1 heterocycles. The van der Waals surface area contributed by atoms with Gasteiger partial charge in [0, 0.05) is 6.20 Å². The number of nitriles is 1. The van der Waals surface area contributed by atoms with E-state index < -0.39 is 5.82 Å². The predicted octanol–water partition coefficient (Wildman–Crippen LogP) is 1.95. The lowest BCUT2D eigenvalue weighted by atomic mass is 10.3. The zero-order chi connectivity index (χ0) is 9.56. The lowest BCUT2D eigenvalue weighted by Crippen LogP contribution is -1.88. The van der Waals surface area contributed by atoms with E-state index in [1.54, 1.807) is 19.2 Å². The first kappa shape index (κ1) is 10.9. The van der Waals surface area contributed by atoms with Gasteiger partial charge in [-0.05, 0) is 24.8 Å². The zero-order valence-corrected chi connectivity index (χ0v) is 7.77. The van der Waals surface area contributed by atoms with E-state index >= 15 is 0 Å². The normalized spacial score (nSPS) is 7.92. The minimum Gasteiger partial charge on any atom is -0.242 e. The van der Waals surface area contributed by atoms with Gasteiger partial charge in [-0.3, -0.25) is 0 Å². The number of nitrogens with zero attached hydrogens (tertiary/aromatic N) is 2. The van der Waals surface area contributed by atoms with E-state index in [1.165, 1.54) is 12.3 Å². The molecule has 0 unspecified atom stereocenters. The summed E-state index contributed by atoms with van der Waals surface area (Å²) in [6.07, 6.45) is 3.15. The number of aryl methyl sites for hydroxylation is 1. The van der Waals surface area contributed by atoms with Gasteiger partial charge in [-0.1, -0.05) is 0 Å². The van der Waals surface area contributed by atoms with Gasteiger partial charge >= 0.3 is 0 Å². The highest BCUT2D eigenvalue weighted by Crippen LogP contribution is 2.03. The second-order valence-corrected chi connectivity index (χ2v) is 1.95. The summed E-state index contributed by atoms with van der Waals surface area (Å²) in [5.74, 6) is -0.553. The molecule has 1 aromatic heterocycles. The Morgan fingerprint density at radius 2 is 2.17 bits per heavy atom. The molecule has 0 amide bonds. The average molecular weight is 184 g/mol. The SMILES string of the molecule is CS.Cc1cnc(C#N)c(F)c1. The Morgan fingerprint density at radius 3 is 2.58 bits per heavy atom. The van der Waals surface area contributed by atoms with Crippen LogP contribution in [0.25, 0.3) is 0 Å². The first-order valence-electron chi connectivity index (χ1n) is 3.21. The van der Waals surface area contributed by atoms with Crippen LogP contribution in [0, 0.1) is 24.1 Å². The number of hydrogen-bond acceptors (Lipinski definition) is 3. The molecular weight excluding hydrogens is 175 g/mol. The van der Waals surface area contributed by atoms with Crippen molar-refractivity contribution < 1.29 is 4.39 Å². The van der Waals surface area contributed by atoms with Crippen LogP contribution in [0.4, 0.5) is 4.39 Å². The van der Waals surface area contributed by atoms with Crippen LogP contribution in [-0.2, 0) is 0 Å². The molecule has 0 aliphatic rings. The fourth-order valence-corrected chi connectivity index (χ4v) is 0.616. The van der Waals surface area contributed by atoms with Crippen molar-refractivity contribution in [1.29, 1.82) is 5.26 Å². The lowest BCUT2D eigenvalue weighted by Gasteiger charge is -1.91. The van der Waals surface area contributed by atoms with Gasteiger partial charge in [0.25, 0.3) is 0 Å². The van der Waals surface area contributed by atoms with Gasteiger partial charge in [0.05, 0.1) is 0 Å². The molecule has 1 rings (SSSR count). The Hall–Kier alpha value is -1.08. The molecule has 0 aliphatic carbocycles. The summed E-state index contributed by atoms with van der Waals surface area (Å²) in [6.45, 7) is 1.72. The summed E-state index contributed by atoms with van der Waals surface area (Å²) < 4.78 is 12.6. The van der Waals surface area contributed by atoms with Crippen molar-refractivity contribution in [3.8, 4) is 6.07 Å². The van der Waals surface area contributed by atoms with Crippen LogP contribution >= 0.6 is 12.6 Å². The van der Waals surface area contributed by atoms with E-state index in [2.05, 4.69) is 17.6 Å². The van der Waals surface area contributed by atoms with Crippen LogP contribution in [0.1, 0.15) is 11.3 Å². The van der Waals surface area contributed by atoms with Crippen LogP contribution in [-0.4, -0.2) is 11.2 Å². The molecule has 0 N–H and O–H groups in total. The summed E-state index contributed by atoms with van der Waals surface area (Å²) >= 11 is 3.53. The highest BCUT2D eigenvalue weighted by Gasteiger charge is 2.00. The maximum absolute atomic E-state index is 12.6. The molecule has 0 saturated heterocycles. The number of halogens is 1. The number of rotatable bonds is 0. The molecule has 2 nitrogen and oxygen atoms in total. The third-order valence-electron chi connectivity index (χ3n) is 1.08. The fraction of sp³-hybridized carbons (Fsp3) is 0.250. The molecule has 0 aromatic carbocycles. The van der Waals surface area contributed by atoms with E-state index in [-0.39, 0.29) is 5.69 Å². The number of hydrogen-bond donors (Lipinski definition) is 1. The summed E-state index contributed by atoms with van der Waals surface area (Å²) in [5, 5.41) is 8.26. The van der Waals surface area contributed by atoms with Gasteiger partial charge in [0.1, 0.15) is 6.07 Å². The summed E-state index contributed by atoms with van der Waals surface area (Å²) in [6, 6.07) is 2.92. The molecule has 0 saturated carbocycles. The fourth-order valence-electron chi connectivity index (χ4n) is 0.616. The molecular formula is C8H9FN2S. The molecule has 1 aromatic rings. The molecule has 0 bridgehead atoms. The monoisotopic (exact) mass is 184 g/mol. The van der Waals surface area contributed by atoms with Gasteiger partial charge < -0.3 is 0 Å². The third kappa shape index (κ3) is 2.89. The van der Waals surface area contributed by atoms with Gasteiger partial charge in [-0.25, -0.2) is 9.37 Å². The number of pyridine rings is 1. The van der Waals surface area contributed by atoms with E-state index in [1.807, 2.05) is 0 Å². The van der Waals surface area contributed by atoms with Crippen LogP contribution in [0.3, 0.4) is 0 Å². The van der Waals surface area contributed by atoms with Gasteiger partial charge in [0.15, 0.2) is 11.5 Å². The Labute approximate surface area is 76.5 Å². The van der Waals surface area contributed by atoms with E-state index in [0.29, 0.717) is 0 Å². The maximum atomic E-state index is 12.6. The molecule has 12 heavy (non-hydrogen) atoms. The molecule has 0 fully saturated rings. The smallest absolute Gasteiger partial charge is 0.176 e. The average Bonchev–Trinajstić information content (AvgIpc) is 2.08. The van der Waals surface area contributed by atoms with E-state index in [9.17, 15) is 4.39 Å². The van der Waals surface area contributed by atoms with Crippen molar-refractivity contribution >= 4 is 12.6 Å². The van der Waals surface area contributed by atoms with Crippen molar-refractivity contribution in [2.24, 2.45) is 0 Å². The van der Waals surface area contributed by atoms with Crippen LogP contribution in [0.5, 0.6) is 0 Å². The van der Waals surface area contributed by atoms with Crippen molar-refractivity contribution in [3.63, 3.8) is 0 Å². The van der Waals surface area contributed by atoms with Crippen molar-refractivity contribution in [3.05, 3.63) is 29.3 Å². The first-order valence-corrected chi connectivity index (χ1v) is 4.10. The Bertz CT molecular complexity index is 294. The molecule has 0 aliphatic heterocycles. The minimum absolute atomic E-state index is 0.148. The zero-order valence-electron chi connectivity index (χ0n) is 6.87. The van der Waals surface area contributed by atoms with Crippen LogP contribution in [0.15, 0.2) is 12.3 Å². The maximum Gasteiger partial charge on any atom is 0.176 e. The topological polar surface area (TPSA) is 36.7 Å². The van der Waals surface area contributed by atoms with Crippen molar-refractivity contribution in [2.75, 3.05) is 6.26 Å². The van der Waals surface area contributed by atoms with Gasteiger partial charge in [-0.2, -0.15) is 17.9 Å². The van der Waals surface area contributed by atoms with E-state index in [4.69, 9.17) is 5.26 Å². The molecule has 64 valence electrons. The van der Waals surface area contributed by atoms with Crippen molar-refractivity contribution in [1.82, 2.24) is 4.98 Å². The minimum atomic E-state index is -0.553. The quantitative estimate of drug-likeness (QED) is 0.626. The highest BCUT2D eigenvalue weighted by atomic mass is 32.1. The number of thiol groups is 1. The van der Waals surface area contributed by atoms with Crippen LogP contribution < -0.4 is 0 Å². The Morgan fingerprint density at radius 1 is 1.58 bits per heavy atom. The lowest BCUT2D eigenvalue weighted by molar-refractivity contribution is 0.615. The standard InChI is InChI=1S/C7H5FN2.CH4S/c1-5-2-6(8)7(3-9)10-4-5;1-2/h2,4H,1H3;2H,1H3. The first-order chi connectivity index (χ1) is 5.74. The van der Waals surface area contributed by atoms with Crippen molar-refractivity contribution in [2.45, 2.75) is 6.92 Å². The predicted molar refractivity (Wildman–Crippen MR) is 48.6 cm³/mol. The summed E-state index contributed by atoms with van der Waals surface area (Å²) in [5.41, 5.74) is 0.571. The van der Waals surface area contributed by atoms with Gasteiger partial charge in [0.2, 0.25) is 0 Å². The molecule has 4 heteroatoms. The van der Waals surface area contributed by atoms with Crippen LogP contribution in [0.2, 0.25) is 0 Å². The second-order valence-electron chi connectivity index (χ2n) is 1.95. The molecule has 0 spiro atoms. The largest absolute Gasteiger partial charge is 0.242 e.